The van der Waals surface area contributed by atoms with E-state index in [0.717, 1.165) is 41.4 Å². The molecule has 0 bridgehead atoms. The SMILES string of the molecule is Cc1cccc2ccnc(N(C(=O)c3ccc(-c4nnn(C)c4C)cc3F)[C@@H]3CCCNC3)c12. The molecule has 2 aromatic heterocycles. The maximum Gasteiger partial charge on any atom is 0.262 e. The van der Waals surface area contributed by atoms with E-state index in [-0.39, 0.29) is 11.6 Å². The molecule has 1 atom stereocenters. The highest BCUT2D eigenvalue weighted by molar-refractivity contribution is 6.11. The molecule has 1 aliphatic heterocycles. The average Bonchev–Trinajstić information content (AvgIpc) is 3.18. The van der Waals surface area contributed by atoms with Gasteiger partial charge in [-0.1, -0.05) is 29.5 Å². The van der Waals surface area contributed by atoms with E-state index >= 15 is 4.39 Å². The average molecular weight is 459 g/mol. The number of carbonyl (C=O) groups is 1. The van der Waals surface area contributed by atoms with E-state index in [1.54, 1.807) is 35.0 Å². The molecule has 0 radical (unpaired) electrons. The van der Waals surface area contributed by atoms with E-state index in [1.807, 2.05) is 38.1 Å². The standard InChI is InChI=1S/C26H27FN6O/c1-16-6-4-7-18-11-13-29-25(23(16)18)33(20-8-5-12-28-15-20)26(34)21-10-9-19(14-22(21)27)24-17(2)32(3)31-30-24/h4,6-7,9-11,13-14,20,28H,5,8,12,15H2,1-3H3/t20-/m1/s1. The Labute approximate surface area is 197 Å². The number of nitrogens with zero attached hydrogens (tertiary/aromatic N) is 5. The van der Waals surface area contributed by atoms with Gasteiger partial charge < -0.3 is 5.32 Å². The third kappa shape index (κ3) is 3.84. The molecule has 2 aromatic carbocycles. The van der Waals surface area contributed by atoms with Gasteiger partial charge in [0.1, 0.15) is 17.3 Å². The molecule has 1 fully saturated rings. The molecule has 8 heteroatoms. The van der Waals surface area contributed by atoms with Gasteiger partial charge in [-0.05, 0) is 62.4 Å². The number of anilines is 1. The Hall–Kier alpha value is -3.65. The summed E-state index contributed by atoms with van der Waals surface area (Å²) in [7, 11) is 1.79. The molecule has 7 nitrogen and oxygen atoms in total. The minimum atomic E-state index is -0.585. The number of aromatic nitrogens is 4. The first-order valence-electron chi connectivity index (χ1n) is 11.5. The molecule has 3 heterocycles. The summed E-state index contributed by atoms with van der Waals surface area (Å²) < 4.78 is 17.1. The molecular weight excluding hydrogens is 431 g/mol. The number of amides is 1. The highest BCUT2D eigenvalue weighted by Gasteiger charge is 2.32. The van der Waals surface area contributed by atoms with Gasteiger partial charge in [0.05, 0.1) is 17.3 Å². The topological polar surface area (TPSA) is 75.9 Å². The van der Waals surface area contributed by atoms with E-state index in [0.29, 0.717) is 23.6 Å². The van der Waals surface area contributed by atoms with Crippen LogP contribution in [0.4, 0.5) is 10.2 Å². The van der Waals surface area contributed by atoms with E-state index in [2.05, 4.69) is 20.6 Å². The van der Waals surface area contributed by atoms with E-state index in [1.165, 1.54) is 6.07 Å². The molecule has 1 aliphatic rings. The number of hydrogen-bond donors (Lipinski definition) is 1. The zero-order chi connectivity index (χ0) is 23.8. The number of nitrogens with one attached hydrogen (secondary N) is 1. The number of fused-ring (bicyclic) bond motifs is 1. The fourth-order valence-corrected chi connectivity index (χ4v) is 4.70. The zero-order valence-corrected chi connectivity index (χ0v) is 19.5. The molecule has 1 amide bonds. The van der Waals surface area contributed by atoms with Crippen LogP contribution in [0.15, 0.2) is 48.7 Å². The number of carbonyl (C=O) groups excluding carboxylic acids is 1. The van der Waals surface area contributed by atoms with Crippen molar-refractivity contribution in [3.05, 3.63) is 71.3 Å². The highest BCUT2D eigenvalue weighted by Crippen LogP contribution is 2.32. The van der Waals surface area contributed by atoms with Crippen molar-refractivity contribution in [3.8, 4) is 11.3 Å². The summed E-state index contributed by atoms with van der Waals surface area (Å²) in [6, 6.07) is 12.5. The number of hydrogen-bond acceptors (Lipinski definition) is 5. The Balaban J connectivity index is 1.61. The molecule has 5 rings (SSSR count). The lowest BCUT2D eigenvalue weighted by atomic mass is 10.0. The van der Waals surface area contributed by atoms with Crippen LogP contribution in [0.1, 0.15) is 34.5 Å². The minimum absolute atomic E-state index is 0.0169. The predicted octanol–water partition coefficient (Wildman–Crippen LogP) is 4.19. The number of rotatable bonds is 4. The maximum atomic E-state index is 15.4. The fourth-order valence-electron chi connectivity index (χ4n) is 4.70. The zero-order valence-electron chi connectivity index (χ0n) is 19.5. The lowest BCUT2D eigenvalue weighted by molar-refractivity contribution is 0.0968. The van der Waals surface area contributed by atoms with Crippen LogP contribution in [0.3, 0.4) is 0 Å². The van der Waals surface area contributed by atoms with Gasteiger partial charge in [0.2, 0.25) is 0 Å². The summed E-state index contributed by atoms with van der Waals surface area (Å²) in [4.78, 5) is 20.2. The van der Waals surface area contributed by atoms with Gasteiger partial charge in [0.25, 0.3) is 5.91 Å². The summed E-state index contributed by atoms with van der Waals surface area (Å²) >= 11 is 0. The molecule has 4 aromatic rings. The van der Waals surface area contributed by atoms with Crippen LogP contribution in [0.5, 0.6) is 0 Å². The second kappa shape index (κ2) is 8.95. The third-order valence-corrected chi connectivity index (χ3v) is 6.64. The largest absolute Gasteiger partial charge is 0.315 e. The smallest absolute Gasteiger partial charge is 0.262 e. The van der Waals surface area contributed by atoms with Crippen molar-refractivity contribution in [2.75, 3.05) is 18.0 Å². The Morgan fingerprint density at radius 2 is 2.06 bits per heavy atom. The molecule has 174 valence electrons. The van der Waals surface area contributed by atoms with Crippen LogP contribution >= 0.6 is 0 Å². The summed E-state index contributed by atoms with van der Waals surface area (Å²) in [5, 5.41) is 13.4. The quantitative estimate of drug-likeness (QED) is 0.496. The summed E-state index contributed by atoms with van der Waals surface area (Å²) in [5.41, 5.74) is 3.05. The monoisotopic (exact) mass is 458 g/mol. The van der Waals surface area contributed by atoms with E-state index in [9.17, 15) is 4.79 Å². The van der Waals surface area contributed by atoms with Gasteiger partial charge in [-0.25, -0.2) is 9.37 Å². The van der Waals surface area contributed by atoms with Gasteiger partial charge in [0.15, 0.2) is 0 Å². The Kier molecular flexibility index (Phi) is 5.83. The maximum absolute atomic E-state index is 15.4. The van der Waals surface area contributed by atoms with Gasteiger partial charge >= 0.3 is 0 Å². The van der Waals surface area contributed by atoms with Gasteiger partial charge in [-0.3, -0.25) is 14.4 Å². The van der Waals surface area contributed by atoms with Crippen molar-refractivity contribution in [1.29, 1.82) is 0 Å². The first-order valence-corrected chi connectivity index (χ1v) is 11.5. The second-order valence-corrected chi connectivity index (χ2v) is 8.82. The van der Waals surface area contributed by atoms with Gasteiger partial charge in [-0.15, -0.1) is 5.10 Å². The van der Waals surface area contributed by atoms with Crippen LogP contribution < -0.4 is 10.2 Å². The van der Waals surface area contributed by atoms with Crippen LogP contribution in [-0.2, 0) is 7.05 Å². The third-order valence-electron chi connectivity index (χ3n) is 6.64. The van der Waals surface area contributed by atoms with E-state index < -0.39 is 11.7 Å². The molecule has 34 heavy (non-hydrogen) atoms. The van der Waals surface area contributed by atoms with Crippen molar-refractivity contribution in [2.24, 2.45) is 7.05 Å². The predicted molar refractivity (Wildman–Crippen MR) is 130 cm³/mol. The van der Waals surface area contributed by atoms with Crippen molar-refractivity contribution < 1.29 is 9.18 Å². The van der Waals surface area contributed by atoms with E-state index in [4.69, 9.17) is 0 Å². The summed E-state index contributed by atoms with van der Waals surface area (Å²) in [6.45, 7) is 5.42. The molecular formula is C26H27FN6O. The van der Waals surface area contributed by atoms with Crippen LogP contribution in [-0.4, -0.2) is 45.0 Å². The summed E-state index contributed by atoms with van der Waals surface area (Å²) in [5.74, 6) is -0.405. The number of piperidine rings is 1. The second-order valence-electron chi connectivity index (χ2n) is 8.82. The number of aryl methyl sites for hydroxylation is 2. The summed E-state index contributed by atoms with van der Waals surface area (Å²) in [6.07, 6.45) is 3.47. The number of halogens is 1. The number of pyridine rings is 1. The Bertz CT molecular complexity index is 1370. The van der Waals surface area contributed by atoms with Crippen LogP contribution in [0.25, 0.3) is 22.0 Å². The van der Waals surface area contributed by atoms with Crippen LogP contribution in [0, 0.1) is 19.7 Å². The molecule has 0 saturated carbocycles. The van der Waals surface area contributed by atoms with Crippen molar-refractivity contribution >= 4 is 22.5 Å². The fraction of sp³-hybridized carbons (Fsp3) is 0.308. The lowest BCUT2D eigenvalue weighted by Gasteiger charge is -2.35. The number of benzene rings is 2. The molecule has 0 aliphatic carbocycles. The van der Waals surface area contributed by atoms with Crippen molar-refractivity contribution in [1.82, 2.24) is 25.3 Å². The Morgan fingerprint density at radius 3 is 2.76 bits per heavy atom. The first-order chi connectivity index (χ1) is 16.5. The molecule has 0 spiro atoms. The normalized spacial score (nSPS) is 16.1. The lowest BCUT2D eigenvalue weighted by Crippen LogP contribution is -2.49. The van der Waals surface area contributed by atoms with Crippen molar-refractivity contribution in [3.63, 3.8) is 0 Å². The van der Waals surface area contributed by atoms with Crippen molar-refractivity contribution in [2.45, 2.75) is 32.7 Å². The molecule has 1 saturated heterocycles. The highest BCUT2D eigenvalue weighted by atomic mass is 19.1. The van der Waals surface area contributed by atoms with Gasteiger partial charge in [0, 0.05) is 30.7 Å². The molecule has 0 unspecified atom stereocenters. The minimum Gasteiger partial charge on any atom is -0.315 e. The van der Waals surface area contributed by atoms with Gasteiger partial charge in [-0.2, -0.15) is 0 Å². The Morgan fingerprint density at radius 1 is 1.21 bits per heavy atom. The first kappa shape index (κ1) is 22.2. The molecule has 1 N–H and O–H groups in total. The van der Waals surface area contributed by atoms with Crippen LogP contribution in [0.2, 0.25) is 0 Å².